The molecule has 0 bridgehead atoms. The maximum Gasteiger partial charge on any atom is 0.269 e. The van der Waals surface area contributed by atoms with Crippen molar-refractivity contribution in [3.63, 3.8) is 0 Å². The largest absolute Gasteiger partial charge is 0.454 e. The van der Waals surface area contributed by atoms with Crippen LogP contribution >= 0.6 is 0 Å². The molecule has 3 aromatic rings. The predicted octanol–water partition coefficient (Wildman–Crippen LogP) is 2.78. The Morgan fingerprint density at radius 1 is 0.957 bits per heavy atom. The highest BCUT2D eigenvalue weighted by Crippen LogP contribution is 2.37. The van der Waals surface area contributed by atoms with Crippen molar-refractivity contribution in [2.45, 2.75) is 0 Å². The number of H-pyrrole nitrogens is 1. The molecule has 23 heavy (non-hydrogen) atoms. The number of nitro groups is 1. The Hall–Kier alpha value is -3.42. The van der Waals surface area contributed by atoms with Gasteiger partial charge in [0.15, 0.2) is 11.5 Å². The molecule has 0 atom stereocenters. The van der Waals surface area contributed by atoms with E-state index in [1.54, 1.807) is 12.1 Å². The number of hydrogen-bond acceptors (Lipinski definition) is 6. The molecule has 2 aromatic carbocycles. The summed E-state index contributed by atoms with van der Waals surface area (Å²) < 4.78 is 10.7. The van der Waals surface area contributed by atoms with Gasteiger partial charge in [-0.2, -0.15) is 15.4 Å². The molecule has 0 fully saturated rings. The number of rotatable bonds is 3. The number of nitro benzene ring substituents is 1. The fourth-order valence-corrected chi connectivity index (χ4v) is 2.42. The van der Waals surface area contributed by atoms with Gasteiger partial charge in [0.2, 0.25) is 6.79 Å². The van der Waals surface area contributed by atoms with E-state index in [4.69, 9.17) is 9.47 Å². The Labute approximate surface area is 129 Å². The van der Waals surface area contributed by atoms with E-state index in [0.717, 1.165) is 11.1 Å². The summed E-state index contributed by atoms with van der Waals surface area (Å²) in [7, 11) is 0. The first-order valence-corrected chi connectivity index (χ1v) is 6.78. The quantitative estimate of drug-likeness (QED) is 0.589. The van der Waals surface area contributed by atoms with Crippen LogP contribution in [0.4, 0.5) is 5.69 Å². The second-order valence-electron chi connectivity index (χ2n) is 4.89. The minimum Gasteiger partial charge on any atom is -0.454 e. The third kappa shape index (κ3) is 2.26. The predicted molar refractivity (Wildman–Crippen MR) is 80.0 cm³/mol. The highest BCUT2D eigenvalue weighted by molar-refractivity contribution is 5.79. The zero-order chi connectivity index (χ0) is 15.8. The molecule has 0 saturated heterocycles. The van der Waals surface area contributed by atoms with Crippen molar-refractivity contribution < 1.29 is 14.4 Å². The van der Waals surface area contributed by atoms with Crippen molar-refractivity contribution in [1.29, 1.82) is 0 Å². The van der Waals surface area contributed by atoms with Crippen LogP contribution in [0.1, 0.15) is 0 Å². The van der Waals surface area contributed by atoms with E-state index < -0.39 is 4.92 Å². The maximum absolute atomic E-state index is 10.7. The van der Waals surface area contributed by atoms with Crippen LogP contribution in [0.25, 0.3) is 22.5 Å². The molecule has 1 aliphatic rings. The maximum atomic E-state index is 10.7. The van der Waals surface area contributed by atoms with E-state index in [2.05, 4.69) is 15.4 Å². The molecule has 1 aromatic heterocycles. The lowest BCUT2D eigenvalue weighted by molar-refractivity contribution is -0.384. The lowest BCUT2D eigenvalue weighted by atomic mass is 10.0. The van der Waals surface area contributed by atoms with Gasteiger partial charge < -0.3 is 9.47 Å². The van der Waals surface area contributed by atoms with Crippen molar-refractivity contribution in [3.05, 3.63) is 52.6 Å². The molecule has 0 aliphatic carbocycles. The van der Waals surface area contributed by atoms with Crippen LogP contribution in [0.5, 0.6) is 11.5 Å². The molecule has 0 radical (unpaired) electrons. The van der Waals surface area contributed by atoms with Crippen molar-refractivity contribution in [2.75, 3.05) is 6.79 Å². The van der Waals surface area contributed by atoms with Gasteiger partial charge in [0, 0.05) is 23.3 Å². The van der Waals surface area contributed by atoms with Crippen LogP contribution in [0.2, 0.25) is 0 Å². The van der Waals surface area contributed by atoms with Crippen molar-refractivity contribution in [1.82, 2.24) is 15.4 Å². The lowest BCUT2D eigenvalue weighted by Crippen LogP contribution is -1.92. The van der Waals surface area contributed by atoms with Crippen LogP contribution in [0.15, 0.2) is 42.5 Å². The van der Waals surface area contributed by atoms with E-state index in [-0.39, 0.29) is 12.5 Å². The first kappa shape index (κ1) is 13.3. The molecule has 114 valence electrons. The van der Waals surface area contributed by atoms with Crippen LogP contribution in [0.3, 0.4) is 0 Å². The van der Waals surface area contributed by atoms with Crippen molar-refractivity contribution in [2.24, 2.45) is 0 Å². The SMILES string of the molecule is O=[N+]([O-])c1ccc(-c2n[nH]nc2-c2ccc3c(c2)OCO3)cc1. The molecule has 0 amide bonds. The Kier molecular flexibility index (Phi) is 2.94. The molecule has 0 unspecified atom stereocenters. The molecular formula is C15H10N4O4. The summed E-state index contributed by atoms with van der Waals surface area (Å²) in [6.07, 6.45) is 0. The lowest BCUT2D eigenvalue weighted by Gasteiger charge is -2.03. The van der Waals surface area contributed by atoms with Gasteiger partial charge in [-0.25, -0.2) is 0 Å². The Balaban J connectivity index is 1.75. The third-order valence-electron chi connectivity index (χ3n) is 3.55. The standard InChI is InChI=1S/C15H10N4O4/c20-19(21)11-4-1-9(2-5-11)14-15(17-18-16-14)10-3-6-12-13(7-10)23-8-22-12/h1-7H,8H2,(H,16,17,18). The minimum atomic E-state index is -0.439. The topological polar surface area (TPSA) is 103 Å². The average Bonchev–Trinajstić information content (AvgIpc) is 3.23. The fourth-order valence-electron chi connectivity index (χ4n) is 2.42. The highest BCUT2D eigenvalue weighted by atomic mass is 16.7. The van der Waals surface area contributed by atoms with E-state index in [1.165, 1.54) is 12.1 Å². The van der Waals surface area contributed by atoms with Gasteiger partial charge in [-0.15, -0.1) is 0 Å². The number of aromatic amines is 1. The zero-order valence-corrected chi connectivity index (χ0v) is 11.7. The second-order valence-corrected chi connectivity index (χ2v) is 4.89. The first-order valence-electron chi connectivity index (χ1n) is 6.78. The van der Waals surface area contributed by atoms with E-state index in [1.807, 2.05) is 18.2 Å². The molecule has 1 N–H and O–H groups in total. The summed E-state index contributed by atoms with van der Waals surface area (Å²) in [5.74, 6) is 1.34. The molecule has 0 saturated carbocycles. The average molecular weight is 310 g/mol. The number of benzene rings is 2. The van der Waals surface area contributed by atoms with Gasteiger partial charge in [0.1, 0.15) is 11.4 Å². The van der Waals surface area contributed by atoms with E-state index in [9.17, 15) is 10.1 Å². The molecule has 0 spiro atoms. The smallest absolute Gasteiger partial charge is 0.269 e. The molecule has 1 aliphatic heterocycles. The monoisotopic (exact) mass is 310 g/mol. The Morgan fingerprint density at radius 3 is 2.35 bits per heavy atom. The normalized spacial score (nSPS) is 12.3. The molecule has 4 rings (SSSR count). The number of ether oxygens (including phenoxy) is 2. The number of nitrogens with one attached hydrogen (secondary N) is 1. The van der Waals surface area contributed by atoms with Crippen LogP contribution in [-0.2, 0) is 0 Å². The third-order valence-corrected chi connectivity index (χ3v) is 3.55. The van der Waals surface area contributed by atoms with Gasteiger partial charge in [-0.3, -0.25) is 10.1 Å². The number of fused-ring (bicyclic) bond motifs is 1. The Morgan fingerprint density at radius 2 is 1.61 bits per heavy atom. The van der Waals surface area contributed by atoms with Gasteiger partial charge in [0.05, 0.1) is 4.92 Å². The zero-order valence-electron chi connectivity index (χ0n) is 11.7. The summed E-state index contributed by atoms with van der Waals surface area (Å²) in [5.41, 5.74) is 2.83. The molecular weight excluding hydrogens is 300 g/mol. The minimum absolute atomic E-state index is 0.0295. The Bertz CT molecular complexity index is 889. The number of nitrogens with zero attached hydrogens (tertiary/aromatic N) is 3. The number of hydrogen-bond donors (Lipinski definition) is 1. The summed E-state index contributed by atoms with van der Waals surface area (Å²) in [5, 5.41) is 21.7. The van der Waals surface area contributed by atoms with Crippen LogP contribution < -0.4 is 9.47 Å². The summed E-state index contributed by atoms with van der Waals surface area (Å²) >= 11 is 0. The number of non-ortho nitro benzene ring substituents is 1. The van der Waals surface area contributed by atoms with Gasteiger partial charge >= 0.3 is 0 Å². The van der Waals surface area contributed by atoms with Crippen LogP contribution in [-0.4, -0.2) is 27.1 Å². The van der Waals surface area contributed by atoms with Crippen LogP contribution in [0, 0.1) is 10.1 Å². The van der Waals surface area contributed by atoms with Crippen molar-refractivity contribution in [3.8, 4) is 34.0 Å². The fraction of sp³-hybridized carbons (Fsp3) is 0.0667. The molecule has 8 nitrogen and oxygen atoms in total. The van der Waals surface area contributed by atoms with Crippen molar-refractivity contribution >= 4 is 5.69 Å². The van der Waals surface area contributed by atoms with Gasteiger partial charge in [0.25, 0.3) is 5.69 Å². The first-order chi connectivity index (χ1) is 11.2. The second kappa shape index (κ2) is 5.09. The van der Waals surface area contributed by atoms with Gasteiger partial charge in [-0.05, 0) is 30.3 Å². The van der Waals surface area contributed by atoms with Gasteiger partial charge in [-0.1, -0.05) is 0 Å². The van der Waals surface area contributed by atoms with E-state index >= 15 is 0 Å². The summed E-state index contributed by atoms with van der Waals surface area (Å²) in [6, 6.07) is 11.7. The molecule has 2 heterocycles. The van der Waals surface area contributed by atoms with E-state index in [0.29, 0.717) is 22.9 Å². The highest BCUT2D eigenvalue weighted by Gasteiger charge is 2.18. The summed E-state index contributed by atoms with van der Waals surface area (Å²) in [4.78, 5) is 10.3. The summed E-state index contributed by atoms with van der Waals surface area (Å²) in [6.45, 7) is 0.201. The number of aromatic nitrogens is 3. The molecule has 8 heteroatoms.